The summed E-state index contributed by atoms with van der Waals surface area (Å²) in [5.74, 6) is 1.62. The molecule has 0 aromatic carbocycles. The predicted octanol–water partition coefficient (Wildman–Crippen LogP) is 13.9. The zero-order valence-electron chi connectivity index (χ0n) is 30.3. The van der Waals surface area contributed by atoms with Crippen LogP contribution in [0.4, 0.5) is 0 Å². The van der Waals surface area contributed by atoms with E-state index in [9.17, 15) is 0 Å². The molecule has 0 aliphatic heterocycles. The fraction of sp³-hybridized carbons (Fsp3) is 0.927. The Kier molecular flexibility index (Phi) is 30.5. The molecule has 0 spiro atoms. The van der Waals surface area contributed by atoms with Crippen molar-refractivity contribution in [1.82, 2.24) is 4.57 Å². The number of aryl methyl sites for hydroxylation is 2. The van der Waals surface area contributed by atoms with Crippen LogP contribution in [-0.4, -0.2) is 4.57 Å². The van der Waals surface area contributed by atoms with Gasteiger partial charge in [-0.15, -0.1) is 0 Å². The highest BCUT2D eigenvalue weighted by atomic mass is 15.1. The van der Waals surface area contributed by atoms with Gasteiger partial charge in [-0.1, -0.05) is 194 Å². The van der Waals surface area contributed by atoms with E-state index in [1.807, 2.05) is 0 Å². The molecule has 0 radical (unpaired) electrons. The minimum Gasteiger partial charge on any atom is -0.234 e. The second-order valence-electron chi connectivity index (χ2n) is 14.1. The summed E-state index contributed by atoms with van der Waals surface area (Å²) in [5, 5.41) is 0. The molecule has 0 amide bonds. The molecule has 254 valence electrons. The first-order valence-corrected chi connectivity index (χ1v) is 20.4. The third-order valence-electron chi connectivity index (χ3n) is 9.85. The summed E-state index contributed by atoms with van der Waals surface area (Å²) in [7, 11) is 0. The highest BCUT2D eigenvalue weighted by molar-refractivity contribution is 4.84. The first-order chi connectivity index (χ1) is 21.3. The molecule has 0 saturated heterocycles. The smallest absolute Gasteiger partial charge is 0.234 e. The monoisotopic (exact) mass is 602 g/mol. The fourth-order valence-electron chi connectivity index (χ4n) is 6.86. The molecule has 2 nitrogen and oxygen atoms in total. The van der Waals surface area contributed by atoms with E-state index in [2.05, 4.69) is 42.3 Å². The maximum Gasteiger partial charge on any atom is 0.256 e. The van der Waals surface area contributed by atoms with Crippen molar-refractivity contribution in [3.8, 4) is 0 Å². The maximum atomic E-state index is 2.64. The first kappa shape index (κ1) is 40.2. The number of nitrogens with zero attached hydrogens (tertiary/aromatic N) is 2. The van der Waals surface area contributed by atoms with Gasteiger partial charge in [0.15, 0.2) is 0 Å². The zero-order chi connectivity index (χ0) is 30.9. The van der Waals surface area contributed by atoms with Crippen LogP contribution < -0.4 is 4.57 Å². The average molecular weight is 602 g/mol. The summed E-state index contributed by atoms with van der Waals surface area (Å²) in [5.41, 5.74) is 0. The van der Waals surface area contributed by atoms with Gasteiger partial charge in [0, 0.05) is 6.42 Å². The summed E-state index contributed by atoms with van der Waals surface area (Å²) < 4.78 is 5.27. The van der Waals surface area contributed by atoms with Crippen LogP contribution in [0.3, 0.4) is 0 Å². The molecular formula is C41H81N2+. The molecule has 1 aromatic heterocycles. The second kappa shape index (κ2) is 32.6. The quantitative estimate of drug-likeness (QED) is 0.0540. The van der Waals surface area contributed by atoms with Crippen LogP contribution in [0.15, 0.2) is 12.4 Å². The molecule has 2 heteroatoms. The number of aromatic nitrogens is 2. The molecule has 0 fully saturated rings. The van der Waals surface area contributed by atoms with Crippen LogP contribution >= 0.6 is 0 Å². The Morgan fingerprint density at radius 2 is 0.721 bits per heavy atom. The maximum absolute atomic E-state index is 2.64. The highest BCUT2D eigenvalue weighted by Crippen LogP contribution is 2.15. The largest absolute Gasteiger partial charge is 0.256 e. The Labute approximate surface area is 272 Å². The molecule has 0 unspecified atom stereocenters. The van der Waals surface area contributed by atoms with E-state index in [0.717, 1.165) is 0 Å². The van der Waals surface area contributed by atoms with Gasteiger partial charge in [-0.2, -0.15) is 0 Å². The minimum absolute atomic E-state index is 1.23. The van der Waals surface area contributed by atoms with Crippen molar-refractivity contribution in [1.29, 1.82) is 0 Å². The van der Waals surface area contributed by atoms with Crippen molar-refractivity contribution in [2.24, 2.45) is 0 Å². The van der Waals surface area contributed by atoms with Crippen molar-refractivity contribution in [3.63, 3.8) is 0 Å². The Morgan fingerprint density at radius 3 is 1.12 bits per heavy atom. The van der Waals surface area contributed by atoms with E-state index in [1.165, 1.54) is 225 Å². The van der Waals surface area contributed by atoms with Gasteiger partial charge in [0.1, 0.15) is 12.4 Å². The lowest BCUT2D eigenvalue weighted by Gasteiger charge is -2.07. The van der Waals surface area contributed by atoms with Crippen LogP contribution in [-0.2, 0) is 19.5 Å². The third-order valence-corrected chi connectivity index (χ3v) is 9.85. The van der Waals surface area contributed by atoms with Crippen molar-refractivity contribution < 1.29 is 4.57 Å². The van der Waals surface area contributed by atoms with Crippen LogP contribution in [0.1, 0.15) is 232 Å². The van der Waals surface area contributed by atoms with E-state index in [4.69, 9.17) is 0 Å². The van der Waals surface area contributed by atoms with Crippen molar-refractivity contribution >= 4 is 0 Å². The predicted molar refractivity (Wildman–Crippen MR) is 193 cm³/mol. The molecule has 0 atom stereocenters. The second-order valence-corrected chi connectivity index (χ2v) is 14.1. The summed E-state index contributed by atoms with van der Waals surface area (Å²) in [4.78, 5) is 0. The van der Waals surface area contributed by atoms with E-state index < -0.39 is 0 Å². The standard InChI is InChI=1S/C41H81N2/c1-4-7-10-13-16-18-20-22-24-26-29-32-35-38-43-40-39-42(37-34-31-28-15-12-9-6-3)41(43)36-33-30-27-25-23-21-19-17-14-11-8-5-2/h39-40H,4-38H2,1-3H3/q+1. The normalized spacial score (nSPS) is 11.6. The number of imidazole rings is 1. The molecule has 0 N–H and O–H groups in total. The zero-order valence-corrected chi connectivity index (χ0v) is 30.3. The van der Waals surface area contributed by atoms with Crippen LogP contribution in [0.2, 0.25) is 0 Å². The van der Waals surface area contributed by atoms with Crippen LogP contribution in [0.5, 0.6) is 0 Å². The van der Waals surface area contributed by atoms with Crippen LogP contribution in [0.25, 0.3) is 0 Å². The average Bonchev–Trinajstić information content (AvgIpc) is 3.40. The third kappa shape index (κ3) is 25.1. The topological polar surface area (TPSA) is 8.81 Å². The lowest BCUT2D eigenvalue weighted by Crippen LogP contribution is -2.37. The number of hydrogen-bond donors (Lipinski definition) is 0. The van der Waals surface area contributed by atoms with E-state index in [1.54, 1.807) is 5.82 Å². The van der Waals surface area contributed by atoms with Gasteiger partial charge < -0.3 is 0 Å². The Bertz CT molecular complexity index is 663. The van der Waals surface area contributed by atoms with E-state index in [-0.39, 0.29) is 0 Å². The summed E-state index contributed by atoms with van der Waals surface area (Å²) in [6.45, 7) is 9.40. The fourth-order valence-corrected chi connectivity index (χ4v) is 6.86. The van der Waals surface area contributed by atoms with Crippen LogP contribution in [0, 0.1) is 0 Å². The van der Waals surface area contributed by atoms with Gasteiger partial charge in [-0.25, -0.2) is 9.13 Å². The van der Waals surface area contributed by atoms with Gasteiger partial charge in [0.25, 0.3) is 5.82 Å². The molecule has 0 bridgehead atoms. The lowest BCUT2D eigenvalue weighted by atomic mass is 10.0. The molecule has 0 aliphatic rings. The van der Waals surface area contributed by atoms with Crippen molar-refractivity contribution in [3.05, 3.63) is 18.2 Å². The number of unbranched alkanes of at least 4 members (excludes halogenated alkanes) is 29. The van der Waals surface area contributed by atoms with Crippen molar-refractivity contribution in [2.45, 2.75) is 246 Å². The molecule has 1 aromatic rings. The summed E-state index contributed by atoms with van der Waals surface area (Å²) in [6, 6.07) is 0. The molecule has 0 aliphatic carbocycles. The van der Waals surface area contributed by atoms with Gasteiger partial charge in [-0.05, 0) is 32.1 Å². The molecule has 1 rings (SSSR count). The van der Waals surface area contributed by atoms with Gasteiger partial charge >= 0.3 is 0 Å². The Hall–Kier alpha value is -0.790. The van der Waals surface area contributed by atoms with Crippen molar-refractivity contribution in [2.75, 3.05) is 0 Å². The van der Waals surface area contributed by atoms with Gasteiger partial charge in [0.2, 0.25) is 0 Å². The summed E-state index contributed by atoms with van der Waals surface area (Å²) in [6.07, 6.45) is 51.9. The number of hydrogen-bond acceptors (Lipinski definition) is 0. The summed E-state index contributed by atoms with van der Waals surface area (Å²) >= 11 is 0. The Balaban J connectivity index is 2.27. The van der Waals surface area contributed by atoms with Gasteiger partial charge in [-0.3, -0.25) is 0 Å². The molecule has 43 heavy (non-hydrogen) atoms. The molecule has 0 saturated carbocycles. The van der Waals surface area contributed by atoms with E-state index in [0.29, 0.717) is 0 Å². The van der Waals surface area contributed by atoms with E-state index >= 15 is 0 Å². The van der Waals surface area contributed by atoms with Gasteiger partial charge in [0.05, 0.1) is 13.1 Å². The lowest BCUT2D eigenvalue weighted by molar-refractivity contribution is -0.704. The number of rotatable bonds is 35. The molecular weight excluding hydrogens is 520 g/mol. The SMILES string of the molecule is CCCCCCCCCCCCCCC[n+]1ccn(CCCCCCCCC)c1CCCCCCCCCCCCCC. The minimum atomic E-state index is 1.23. The Morgan fingerprint density at radius 1 is 0.395 bits per heavy atom. The highest BCUT2D eigenvalue weighted by Gasteiger charge is 2.16. The molecule has 1 heterocycles. The first-order valence-electron chi connectivity index (χ1n) is 20.4.